The lowest BCUT2D eigenvalue weighted by molar-refractivity contribution is -0.139. The van der Waals surface area contributed by atoms with Crippen LogP contribution in [-0.2, 0) is 0 Å². The van der Waals surface area contributed by atoms with Crippen LogP contribution in [0.15, 0.2) is 0 Å². The molecule has 0 aromatic rings. The summed E-state index contributed by atoms with van der Waals surface area (Å²) in [6, 6.07) is 0. The van der Waals surface area contributed by atoms with Crippen molar-refractivity contribution in [2.24, 2.45) is 0 Å². The minimum atomic E-state index is -4.52. The van der Waals surface area contributed by atoms with Gasteiger partial charge in [-0.1, -0.05) is 12.8 Å². The van der Waals surface area contributed by atoms with Crippen LogP contribution in [0.5, 0.6) is 0 Å². The number of rotatable bonds is 13. The van der Waals surface area contributed by atoms with Gasteiger partial charge in [0.2, 0.25) is 0 Å². The highest BCUT2D eigenvalue weighted by Gasteiger charge is 2.44. The zero-order chi connectivity index (χ0) is 22.1. The molecule has 0 aliphatic rings. The van der Waals surface area contributed by atoms with E-state index in [9.17, 15) is 44.7 Å². The largest absolute Gasteiger partial charge is 0.465 e. The number of carbonyl (C=O) groups is 2. The highest BCUT2D eigenvalue weighted by molar-refractivity contribution is 5.65. The Balaban J connectivity index is 4.35. The summed E-state index contributed by atoms with van der Waals surface area (Å²) < 4.78 is 100. The number of hydrogen-bond donors (Lipinski definition) is 2. The number of halogens is 8. The van der Waals surface area contributed by atoms with Gasteiger partial charge in [-0.25, -0.2) is 27.2 Å². The molecule has 2 amide bonds. The molecule has 2 N–H and O–H groups in total. The quantitative estimate of drug-likeness (QED) is 0.336. The molecule has 0 bridgehead atoms. The number of carboxylic acid groups (broad SMARTS) is 2. The Morgan fingerprint density at radius 1 is 0.679 bits per heavy atom. The van der Waals surface area contributed by atoms with Crippen molar-refractivity contribution >= 4 is 12.2 Å². The van der Waals surface area contributed by atoms with Gasteiger partial charge >= 0.3 is 36.9 Å². The summed E-state index contributed by atoms with van der Waals surface area (Å²) in [6.07, 6.45) is -11.5. The molecule has 28 heavy (non-hydrogen) atoms. The van der Waals surface area contributed by atoms with Crippen LogP contribution >= 0.6 is 0 Å². The molecule has 0 aliphatic carbocycles. The molecule has 0 aromatic heterocycles. The lowest BCUT2D eigenvalue weighted by atomic mass is 10.1. The Labute approximate surface area is 154 Å². The van der Waals surface area contributed by atoms with Gasteiger partial charge in [0.25, 0.3) is 0 Å². The summed E-state index contributed by atoms with van der Waals surface area (Å²) in [6.45, 7) is -4.39. The van der Waals surface area contributed by atoms with Gasteiger partial charge in [0, 0.05) is 13.1 Å². The zero-order valence-corrected chi connectivity index (χ0v) is 14.4. The van der Waals surface area contributed by atoms with Gasteiger partial charge in [0.1, 0.15) is 0 Å². The van der Waals surface area contributed by atoms with Crippen LogP contribution < -0.4 is 0 Å². The van der Waals surface area contributed by atoms with Crippen molar-refractivity contribution < 1.29 is 54.9 Å². The van der Waals surface area contributed by atoms with Gasteiger partial charge in [0.15, 0.2) is 0 Å². The molecule has 0 radical (unpaired) electrons. The lowest BCUT2D eigenvalue weighted by Gasteiger charge is -2.25. The maximum Gasteiger partial charge on any atom is 0.407 e. The summed E-state index contributed by atoms with van der Waals surface area (Å²) in [5.74, 6) is -9.04. The van der Waals surface area contributed by atoms with Gasteiger partial charge in [-0.2, -0.15) is 17.6 Å². The second-order valence-electron chi connectivity index (χ2n) is 5.95. The molecule has 0 unspecified atom stereocenters. The fraction of sp³-hybridized carbons (Fsp3) is 0.857. The summed E-state index contributed by atoms with van der Waals surface area (Å²) in [7, 11) is 0. The Kier molecular flexibility index (Phi) is 10.3. The average Bonchev–Trinajstić information content (AvgIpc) is 2.54. The lowest BCUT2D eigenvalue weighted by Crippen LogP contribution is -2.44. The van der Waals surface area contributed by atoms with E-state index in [1.54, 1.807) is 0 Å². The monoisotopic (exact) mass is 432 g/mol. The van der Waals surface area contributed by atoms with E-state index < -0.39 is 63.1 Å². The van der Waals surface area contributed by atoms with E-state index in [4.69, 9.17) is 10.2 Å². The highest BCUT2D eigenvalue weighted by atomic mass is 19.3. The third-order valence-electron chi connectivity index (χ3n) is 3.59. The molecule has 0 spiro atoms. The first-order valence-corrected chi connectivity index (χ1v) is 7.98. The number of amides is 2. The molecule has 0 aromatic carbocycles. The van der Waals surface area contributed by atoms with Crippen LogP contribution in [0.25, 0.3) is 0 Å². The summed E-state index contributed by atoms with van der Waals surface area (Å²) in [5, 5.41) is 17.5. The number of nitrogens with zero attached hydrogens (tertiary/aromatic N) is 2. The van der Waals surface area contributed by atoms with Gasteiger partial charge in [0.05, 0.1) is 13.1 Å². The van der Waals surface area contributed by atoms with Crippen LogP contribution in [0.1, 0.15) is 25.7 Å². The first kappa shape index (κ1) is 26.0. The molecule has 0 atom stereocenters. The molecule has 0 saturated carbocycles. The Morgan fingerprint density at radius 2 is 0.964 bits per heavy atom. The fourth-order valence-electron chi connectivity index (χ4n) is 2.09. The Morgan fingerprint density at radius 3 is 1.18 bits per heavy atom. The van der Waals surface area contributed by atoms with E-state index in [1.807, 2.05) is 0 Å². The van der Waals surface area contributed by atoms with E-state index in [-0.39, 0.29) is 35.5 Å². The van der Waals surface area contributed by atoms with Gasteiger partial charge in [-0.05, 0) is 12.8 Å². The summed E-state index contributed by atoms with van der Waals surface area (Å²) in [5.41, 5.74) is 0. The standard InChI is InChI=1S/C14H20F8N2O4/c15-9(16)13(19,20)7-23(11(25)26)5-3-1-2-4-6-24(12(27)28)8-14(21,22)10(17)18/h9-10H,1-8H2,(H,25,26)(H,27,28). The summed E-state index contributed by atoms with van der Waals surface area (Å²) >= 11 is 0. The zero-order valence-electron chi connectivity index (χ0n) is 14.4. The van der Waals surface area contributed by atoms with Gasteiger partial charge < -0.3 is 20.0 Å². The molecule has 0 aliphatic heterocycles. The number of unbranched alkanes of at least 4 members (excludes halogenated alkanes) is 3. The highest BCUT2D eigenvalue weighted by Crippen LogP contribution is 2.25. The van der Waals surface area contributed by atoms with Crippen molar-refractivity contribution in [2.75, 3.05) is 26.2 Å². The first-order valence-electron chi connectivity index (χ1n) is 7.98. The molecule has 14 heteroatoms. The Hall–Kier alpha value is -2.02. The average molecular weight is 432 g/mol. The van der Waals surface area contributed by atoms with Crippen molar-refractivity contribution in [3.05, 3.63) is 0 Å². The topological polar surface area (TPSA) is 81.1 Å². The normalized spacial score (nSPS) is 12.5. The number of alkyl halides is 8. The molecule has 0 heterocycles. The van der Waals surface area contributed by atoms with E-state index in [1.165, 1.54) is 0 Å². The maximum atomic E-state index is 12.9. The van der Waals surface area contributed by atoms with Crippen molar-refractivity contribution in [1.29, 1.82) is 0 Å². The molecular weight excluding hydrogens is 412 g/mol. The first-order chi connectivity index (χ1) is 12.7. The van der Waals surface area contributed by atoms with E-state index in [0.717, 1.165) is 0 Å². The van der Waals surface area contributed by atoms with E-state index in [2.05, 4.69) is 0 Å². The molecule has 6 nitrogen and oxygen atoms in total. The fourth-order valence-corrected chi connectivity index (χ4v) is 2.09. The minimum Gasteiger partial charge on any atom is -0.465 e. The second kappa shape index (κ2) is 11.1. The van der Waals surface area contributed by atoms with Gasteiger partial charge in [-0.15, -0.1) is 0 Å². The SMILES string of the molecule is O=C(O)N(CCCCCCN(CC(F)(F)C(F)F)C(=O)O)CC(F)(F)C(F)F. The van der Waals surface area contributed by atoms with E-state index >= 15 is 0 Å². The van der Waals surface area contributed by atoms with Crippen LogP contribution in [0.2, 0.25) is 0 Å². The van der Waals surface area contributed by atoms with Crippen molar-refractivity contribution in [3.63, 3.8) is 0 Å². The molecule has 166 valence electrons. The van der Waals surface area contributed by atoms with Crippen LogP contribution in [0.3, 0.4) is 0 Å². The van der Waals surface area contributed by atoms with Gasteiger partial charge in [-0.3, -0.25) is 0 Å². The van der Waals surface area contributed by atoms with Crippen molar-refractivity contribution in [1.82, 2.24) is 9.80 Å². The van der Waals surface area contributed by atoms with Crippen LogP contribution in [-0.4, -0.2) is 83.1 Å². The molecule has 0 fully saturated rings. The predicted molar refractivity (Wildman–Crippen MR) is 79.6 cm³/mol. The third-order valence-corrected chi connectivity index (χ3v) is 3.59. The molecule has 0 rings (SSSR count). The summed E-state index contributed by atoms with van der Waals surface area (Å²) in [4.78, 5) is 21.9. The van der Waals surface area contributed by atoms with Crippen LogP contribution in [0, 0.1) is 0 Å². The smallest absolute Gasteiger partial charge is 0.407 e. The predicted octanol–water partition coefficient (Wildman–Crippen LogP) is 4.31. The van der Waals surface area contributed by atoms with E-state index in [0.29, 0.717) is 0 Å². The number of hydrogen-bond acceptors (Lipinski definition) is 2. The third kappa shape index (κ3) is 9.26. The van der Waals surface area contributed by atoms with Crippen LogP contribution in [0.4, 0.5) is 44.7 Å². The molecular formula is C14H20F8N2O4. The molecule has 0 saturated heterocycles. The second-order valence-corrected chi connectivity index (χ2v) is 5.95. The van der Waals surface area contributed by atoms with Crippen molar-refractivity contribution in [2.45, 2.75) is 50.4 Å². The van der Waals surface area contributed by atoms with Crippen molar-refractivity contribution in [3.8, 4) is 0 Å². The maximum absolute atomic E-state index is 12.9. The minimum absolute atomic E-state index is 0.0358. The Bertz CT molecular complexity index is 464.